The summed E-state index contributed by atoms with van der Waals surface area (Å²) in [4.78, 5) is 5.44. The standard InChI is InChI=1S/C12H10F4N4/c1-5-3-7(6(2)18-5)4-17-20-10-8(13)11(15)19-12(16)9(10)14/h3-4,18H,1-2H3,(H,19,20). The zero-order valence-corrected chi connectivity index (χ0v) is 10.6. The monoisotopic (exact) mass is 286 g/mol. The Bertz CT molecular complexity index is 652. The first-order valence-corrected chi connectivity index (χ1v) is 5.55. The smallest absolute Gasteiger partial charge is 0.254 e. The minimum atomic E-state index is -1.74. The summed E-state index contributed by atoms with van der Waals surface area (Å²) in [6.07, 6.45) is 1.27. The molecule has 0 unspecified atom stereocenters. The molecule has 0 saturated carbocycles. The first-order chi connectivity index (χ1) is 9.40. The fourth-order valence-electron chi connectivity index (χ4n) is 1.63. The van der Waals surface area contributed by atoms with E-state index in [-0.39, 0.29) is 0 Å². The fraction of sp³-hybridized carbons (Fsp3) is 0.167. The highest BCUT2D eigenvalue weighted by Crippen LogP contribution is 2.21. The molecule has 2 aromatic rings. The van der Waals surface area contributed by atoms with E-state index in [0.29, 0.717) is 5.56 Å². The zero-order chi connectivity index (χ0) is 14.9. The van der Waals surface area contributed by atoms with Crippen LogP contribution in [-0.2, 0) is 0 Å². The summed E-state index contributed by atoms with van der Waals surface area (Å²) in [5.41, 5.74) is 3.24. The zero-order valence-electron chi connectivity index (χ0n) is 10.6. The quantitative estimate of drug-likeness (QED) is 0.394. The van der Waals surface area contributed by atoms with E-state index < -0.39 is 29.2 Å². The molecule has 106 valence electrons. The van der Waals surface area contributed by atoms with Crippen molar-refractivity contribution in [3.8, 4) is 0 Å². The highest BCUT2D eigenvalue weighted by molar-refractivity contribution is 5.82. The number of hydrogen-bond acceptors (Lipinski definition) is 3. The lowest BCUT2D eigenvalue weighted by Crippen LogP contribution is -2.05. The van der Waals surface area contributed by atoms with Gasteiger partial charge in [-0.1, -0.05) is 0 Å². The van der Waals surface area contributed by atoms with Crippen molar-refractivity contribution in [3.05, 3.63) is 46.5 Å². The molecule has 0 fully saturated rings. The van der Waals surface area contributed by atoms with E-state index >= 15 is 0 Å². The first kappa shape index (κ1) is 14.0. The maximum atomic E-state index is 13.3. The molecule has 2 N–H and O–H groups in total. The van der Waals surface area contributed by atoms with Crippen LogP contribution in [0.3, 0.4) is 0 Å². The van der Waals surface area contributed by atoms with E-state index in [1.807, 2.05) is 12.3 Å². The van der Waals surface area contributed by atoms with Gasteiger partial charge < -0.3 is 4.98 Å². The third-order valence-corrected chi connectivity index (χ3v) is 2.57. The predicted molar refractivity (Wildman–Crippen MR) is 65.6 cm³/mol. The maximum absolute atomic E-state index is 13.3. The van der Waals surface area contributed by atoms with Crippen LogP contribution in [0.4, 0.5) is 23.2 Å². The number of halogens is 4. The average molecular weight is 286 g/mol. The lowest BCUT2D eigenvalue weighted by Gasteiger charge is -2.04. The van der Waals surface area contributed by atoms with Gasteiger partial charge in [-0.2, -0.15) is 27.6 Å². The van der Waals surface area contributed by atoms with Gasteiger partial charge >= 0.3 is 0 Å². The summed E-state index contributed by atoms with van der Waals surface area (Å²) >= 11 is 0. The average Bonchev–Trinajstić information content (AvgIpc) is 2.70. The van der Waals surface area contributed by atoms with E-state index in [2.05, 4.69) is 15.1 Å². The van der Waals surface area contributed by atoms with Gasteiger partial charge in [0.15, 0.2) is 0 Å². The number of aryl methyl sites for hydroxylation is 2. The molecule has 0 amide bonds. The summed E-state index contributed by atoms with van der Waals surface area (Å²) < 4.78 is 52.2. The molecule has 2 aromatic heterocycles. The third-order valence-electron chi connectivity index (χ3n) is 2.57. The highest BCUT2D eigenvalue weighted by atomic mass is 19.2. The molecule has 0 aliphatic carbocycles. The number of H-pyrrole nitrogens is 1. The number of rotatable bonds is 3. The van der Waals surface area contributed by atoms with Crippen LogP contribution in [0.2, 0.25) is 0 Å². The molecule has 0 spiro atoms. The summed E-state index contributed by atoms with van der Waals surface area (Å²) in [6.45, 7) is 3.60. The van der Waals surface area contributed by atoms with Crippen LogP contribution < -0.4 is 5.43 Å². The molecule has 20 heavy (non-hydrogen) atoms. The van der Waals surface area contributed by atoms with Crippen molar-refractivity contribution >= 4 is 11.9 Å². The second-order valence-electron chi connectivity index (χ2n) is 4.10. The van der Waals surface area contributed by atoms with Gasteiger partial charge in [-0.15, -0.1) is 0 Å². The number of pyridine rings is 1. The molecule has 0 aromatic carbocycles. The number of hydrazone groups is 1. The molecule has 0 bridgehead atoms. The molecule has 0 saturated heterocycles. The largest absolute Gasteiger partial charge is 0.362 e. The van der Waals surface area contributed by atoms with Crippen molar-refractivity contribution in [1.29, 1.82) is 0 Å². The summed E-state index contributed by atoms with van der Waals surface area (Å²) in [5.74, 6) is -6.75. The van der Waals surface area contributed by atoms with E-state index in [1.54, 1.807) is 13.0 Å². The molecule has 4 nitrogen and oxygen atoms in total. The Morgan fingerprint density at radius 2 is 1.75 bits per heavy atom. The lowest BCUT2D eigenvalue weighted by molar-refractivity contribution is 0.411. The van der Waals surface area contributed by atoms with Crippen molar-refractivity contribution < 1.29 is 17.6 Å². The number of aromatic nitrogens is 2. The maximum Gasteiger partial charge on any atom is 0.254 e. The van der Waals surface area contributed by atoms with Gasteiger partial charge in [0.1, 0.15) is 5.69 Å². The minimum Gasteiger partial charge on any atom is -0.362 e. The molecular formula is C12H10F4N4. The third kappa shape index (κ3) is 2.63. The van der Waals surface area contributed by atoms with Crippen LogP contribution in [0.5, 0.6) is 0 Å². The first-order valence-electron chi connectivity index (χ1n) is 5.55. The topological polar surface area (TPSA) is 53.1 Å². The predicted octanol–water partition coefficient (Wildman–Crippen LogP) is 3.03. The number of hydrogen-bond donors (Lipinski definition) is 2. The molecule has 0 aliphatic rings. The van der Waals surface area contributed by atoms with Crippen LogP contribution in [-0.4, -0.2) is 16.2 Å². The van der Waals surface area contributed by atoms with Crippen molar-refractivity contribution in [3.63, 3.8) is 0 Å². The summed E-state index contributed by atoms with van der Waals surface area (Å²) in [6, 6.07) is 1.75. The van der Waals surface area contributed by atoms with Crippen LogP contribution in [0, 0.1) is 37.4 Å². The fourth-order valence-corrected chi connectivity index (χ4v) is 1.63. The number of aromatic amines is 1. The van der Waals surface area contributed by atoms with Gasteiger partial charge in [-0.3, -0.25) is 5.43 Å². The Morgan fingerprint density at radius 3 is 2.25 bits per heavy atom. The molecular weight excluding hydrogens is 276 g/mol. The minimum absolute atomic E-state index is 0.672. The van der Waals surface area contributed by atoms with E-state index in [4.69, 9.17) is 0 Å². The summed E-state index contributed by atoms with van der Waals surface area (Å²) in [7, 11) is 0. The van der Waals surface area contributed by atoms with Crippen molar-refractivity contribution in [1.82, 2.24) is 9.97 Å². The Kier molecular flexibility index (Phi) is 3.73. The second kappa shape index (κ2) is 5.32. The van der Waals surface area contributed by atoms with Crippen molar-refractivity contribution in [2.45, 2.75) is 13.8 Å². The molecule has 0 atom stereocenters. The molecule has 0 aliphatic heterocycles. The number of anilines is 1. The second-order valence-corrected chi connectivity index (χ2v) is 4.10. The Hall–Kier alpha value is -2.38. The van der Waals surface area contributed by atoms with Crippen molar-refractivity contribution in [2.24, 2.45) is 5.10 Å². The summed E-state index contributed by atoms with van der Waals surface area (Å²) in [5, 5.41) is 3.55. The SMILES string of the molecule is Cc1cc(C=NNc2c(F)c(F)nc(F)c2F)c(C)[nH]1. The van der Waals surface area contributed by atoms with Gasteiger partial charge in [0.2, 0.25) is 11.6 Å². The van der Waals surface area contributed by atoms with E-state index in [1.165, 1.54) is 6.21 Å². The van der Waals surface area contributed by atoms with Crippen LogP contribution in [0.25, 0.3) is 0 Å². The van der Waals surface area contributed by atoms with Gasteiger partial charge in [-0.25, -0.2) is 0 Å². The molecule has 8 heteroatoms. The molecule has 2 heterocycles. The lowest BCUT2D eigenvalue weighted by atomic mass is 10.3. The van der Waals surface area contributed by atoms with Gasteiger partial charge in [0.05, 0.1) is 6.21 Å². The van der Waals surface area contributed by atoms with Crippen LogP contribution >= 0.6 is 0 Å². The number of nitrogens with zero attached hydrogens (tertiary/aromatic N) is 2. The van der Waals surface area contributed by atoms with Gasteiger partial charge in [0, 0.05) is 17.0 Å². The normalized spacial score (nSPS) is 11.3. The van der Waals surface area contributed by atoms with Crippen molar-refractivity contribution in [2.75, 3.05) is 5.43 Å². The number of nitrogens with one attached hydrogen (secondary N) is 2. The van der Waals surface area contributed by atoms with Crippen LogP contribution in [0.1, 0.15) is 17.0 Å². The van der Waals surface area contributed by atoms with E-state index in [0.717, 1.165) is 11.4 Å². The molecule has 0 radical (unpaired) electrons. The van der Waals surface area contributed by atoms with Gasteiger partial charge in [-0.05, 0) is 19.9 Å². The van der Waals surface area contributed by atoms with E-state index in [9.17, 15) is 17.6 Å². The van der Waals surface area contributed by atoms with Crippen LogP contribution in [0.15, 0.2) is 11.2 Å². The van der Waals surface area contributed by atoms with Gasteiger partial charge in [0.25, 0.3) is 11.9 Å². The Balaban J connectivity index is 2.25. The Labute approximate surface area is 111 Å². The molecule has 2 rings (SSSR count). The highest BCUT2D eigenvalue weighted by Gasteiger charge is 2.20. The Morgan fingerprint density at radius 1 is 1.15 bits per heavy atom.